The molecule has 1 fully saturated rings. The van der Waals surface area contributed by atoms with Crippen molar-refractivity contribution >= 4 is 23.0 Å². The summed E-state index contributed by atoms with van der Waals surface area (Å²) >= 11 is 5.60. The van der Waals surface area contributed by atoms with Crippen molar-refractivity contribution in [3.8, 4) is 5.75 Å². The third-order valence-corrected chi connectivity index (χ3v) is 4.60. The molecule has 2 aromatic rings. The lowest BCUT2D eigenvalue weighted by Crippen LogP contribution is -2.49. The molecule has 1 aliphatic heterocycles. The summed E-state index contributed by atoms with van der Waals surface area (Å²) < 4.78 is 5.65. The lowest BCUT2D eigenvalue weighted by Gasteiger charge is -2.36. The molecule has 1 aromatic carbocycles. The number of hydrogen-bond donors (Lipinski definition) is 1. The summed E-state index contributed by atoms with van der Waals surface area (Å²) in [6.07, 6.45) is 3.70. The van der Waals surface area contributed by atoms with Gasteiger partial charge in [0.2, 0.25) is 0 Å². The molecule has 0 spiro atoms. The van der Waals surface area contributed by atoms with E-state index in [-0.39, 0.29) is 0 Å². The number of hydrogen-bond acceptors (Lipinski definition) is 4. The summed E-state index contributed by atoms with van der Waals surface area (Å²) in [6, 6.07) is 12.1. The highest BCUT2D eigenvalue weighted by Gasteiger charge is 2.19. The van der Waals surface area contributed by atoms with Crippen molar-refractivity contribution in [3.05, 3.63) is 54.4 Å². The van der Waals surface area contributed by atoms with Crippen molar-refractivity contribution in [1.29, 1.82) is 0 Å². The Bertz CT molecular complexity index is 687. The zero-order valence-corrected chi connectivity index (χ0v) is 15.3. The maximum atomic E-state index is 5.65. The largest absolute Gasteiger partial charge is 0.492 e. The predicted molar refractivity (Wildman–Crippen MR) is 105 cm³/mol. The van der Waals surface area contributed by atoms with Crippen LogP contribution >= 0.6 is 12.2 Å². The van der Waals surface area contributed by atoms with Gasteiger partial charge in [-0.3, -0.25) is 9.88 Å². The van der Waals surface area contributed by atoms with E-state index in [0.29, 0.717) is 6.61 Å². The van der Waals surface area contributed by atoms with Crippen molar-refractivity contribution in [2.75, 3.05) is 38.1 Å². The zero-order chi connectivity index (χ0) is 17.5. The SMILES string of the molecule is CCOc1ccccc1NC(=S)N1CCN(Cc2ccncc2)CC1. The molecule has 0 saturated carbocycles. The molecule has 0 aliphatic carbocycles. The first-order valence-electron chi connectivity index (χ1n) is 8.65. The molecule has 3 rings (SSSR count). The van der Waals surface area contributed by atoms with Crippen LogP contribution in [0.5, 0.6) is 5.75 Å². The van der Waals surface area contributed by atoms with Crippen molar-refractivity contribution in [3.63, 3.8) is 0 Å². The summed E-state index contributed by atoms with van der Waals surface area (Å²) in [7, 11) is 0. The third kappa shape index (κ3) is 4.90. The number of benzene rings is 1. The molecule has 132 valence electrons. The van der Waals surface area contributed by atoms with Crippen molar-refractivity contribution in [2.45, 2.75) is 13.5 Å². The Balaban J connectivity index is 1.52. The first-order valence-corrected chi connectivity index (χ1v) is 9.06. The number of para-hydroxylation sites is 2. The van der Waals surface area contributed by atoms with Gasteiger partial charge in [-0.05, 0) is 49.0 Å². The quantitative estimate of drug-likeness (QED) is 0.831. The fourth-order valence-corrected chi connectivity index (χ4v) is 3.19. The van der Waals surface area contributed by atoms with Crippen LogP contribution in [0.1, 0.15) is 12.5 Å². The molecule has 6 heteroatoms. The summed E-state index contributed by atoms with van der Waals surface area (Å²) in [5, 5.41) is 4.10. The van der Waals surface area contributed by atoms with Gasteiger partial charge in [-0.2, -0.15) is 0 Å². The average Bonchev–Trinajstić information content (AvgIpc) is 2.65. The van der Waals surface area contributed by atoms with Crippen molar-refractivity contribution < 1.29 is 4.74 Å². The number of thiocarbonyl (C=S) groups is 1. The van der Waals surface area contributed by atoms with E-state index < -0.39 is 0 Å². The van der Waals surface area contributed by atoms with E-state index in [1.165, 1.54) is 5.56 Å². The molecular formula is C19H24N4OS. The topological polar surface area (TPSA) is 40.6 Å². The number of ether oxygens (including phenoxy) is 1. The highest BCUT2D eigenvalue weighted by Crippen LogP contribution is 2.24. The maximum absolute atomic E-state index is 5.65. The highest BCUT2D eigenvalue weighted by atomic mass is 32.1. The minimum atomic E-state index is 0.638. The fraction of sp³-hybridized carbons (Fsp3) is 0.368. The molecule has 1 aliphatic rings. The van der Waals surface area contributed by atoms with Gasteiger partial charge in [0.15, 0.2) is 5.11 Å². The van der Waals surface area contributed by atoms with E-state index in [1.807, 2.05) is 43.6 Å². The third-order valence-electron chi connectivity index (χ3n) is 4.24. The number of nitrogens with zero attached hydrogens (tertiary/aromatic N) is 3. The zero-order valence-electron chi connectivity index (χ0n) is 14.5. The van der Waals surface area contributed by atoms with Crippen LogP contribution in [0.15, 0.2) is 48.8 Å². The monoisotopic (exact) mass is 356 g/mol. The molecule has 1 aromatic heterocycles. The predicted octanol–water partition coefficient (Wildman–Crippen LogP) is 2.99. The molecule has 25 heavy (non-hydrogen) atoms. The lowest BCUT2D eigenvalue weighted by atomic mass is 10.2. The number of pyridine rings is 1. The minimum Gasteiger partial charge on any atom is -0.492 e. The van der Waals surface area contributed by atoms with E-state index >= 15 is 0 Å². The number of piperazine rings is 1. The molecule has 0 radical (unpaired) electrons. The van der Waals surface area contributed by atoms with E-state index in [1.54, 1.807) is 0 Å². The van der Waals surface area contributed by atoms with Crippen LogP contribution in [0.2, 0.25) is 0 Å². The first-order chi connectivity index (χ1) is 12.3. The fourth-order valence-electron chi connectivity index (χ4n) is 2.90. The second-order valence-electron chi connectivity index (χ2n) is 5.98. The Morgan fingerprint density at radius 3 is 2.56 bits per heavy atom. The van der Waals surface area contributed by atoms with Gasteiger partial charge < -0.3 is 15.0 Å². The van der Waals surface area contributed by atoms with E-state index in [9.17, 15) is 0 Å². The Kier molecular flexibility index (Phi) is 6.19. The van der Waals surface area contributed by atoms with Crippen LogP contribution in [-0.2, 0) is 6.54 Å². The van der Waals surface area contributed by atoms with Crippen LogP contribution in [0.3, 0.4) is 0 Å². The summed E-state index contributed by atoms with van der Waals surface area (Å²) in [5.74, 6) is 0.837. The van der Waals surface area contributed by atoms with Crippen LogP contribution in [0, 0.1) is 0 Å². The van der Waals surface area contributed by atoms with Gasteiger partial charge >= 0.3 is 0 Å². The number of aromatic nitrogens is 1. The molecule has 1 N–H and O–H groups in total. The summed E-state index contributed by atoms with van der Waals surface area (Å²) in [5.41, 5.74) is 2.23. The first kappa shape index (κ1) is 17.6. The van der Waals surface area contributed by atoms with Gasteiger partial charge in [-0.25, -0.2) is 0 Å². The van der Waals surface area contributed by atoms with Crippen LogP contribution in [0.4, 0.5) is 5.69 Å². The Hall–Kier alpha value is -2.18. The molecule has 0 atom stereocenters. The van der Waals surface area contributed by atoms with Gasteiger partial charge in [0.1, 0.15) is 5.75 Å². The van der Waals surface area contributed by atoms with Crippen molar-refractivity contribution in [2.24, 2.45) is 0 Å². The molecule has 0 bridgehead atoms. The normalized spacial score (nSPS) is 15.0. The minimum absolute atomic E-state index is 0.638. The van der Waals surface area contributed by atoms with Gasteiger partial charge in [0.25, 0.3) is 0 Å². The van der Waals surface area contributed by atoms with Crippen molar-refractivity contribution in [1.82, 2.24) is 14.8 Å². The van der Waals surface area contributed by atoms with E-state index in [0.717, 1.165) is 49.3 Å². The number of rotatable bonds is 5. The Morgan fingerprint density at radius 2 is 1.84 bits per heavy atom. The molecule has 2 heterocycles. The summed E-state index contributed by atoms with van der Waals surface area (Å²) in [4.78, 5) is 8.74. The summed E-state index contributed by atoms with van der Waals surface area (Å²) in [6.45, 7) is 7.43. The maximum Gasteiger partial charge on any atom is 0.173 e. The molecule has 0 unspecified atom stereocenters. The number of anilines is 1. The van der Waals surface area contributed by atoms with Gasteiger partial charge in [0.05, 0.1) is 12.3 Å². The van der Waals surface area contributed by atoms with E-state index in [4.69, 9.17) is 17.0 Å². The Labute approximate surface area is 154 Å². The van der Waals surface area contributed by atoms with Gasteiger partial charge in [-0.15, -0.1) is 0 Å². The molecule has 5 nitrogen and oxygen atoms in total. The molecule has 1 saturated heterocycles. The average molecular weight is 356 g/mol. The van der Waals surface area contributed by atoms with E-state index in [2.05, 4.69) is 32.2 Å². The smallest absolute Gasteiger partial charge is 0.173 e. The van der Waals surface area contributed by atoms with Crippen LogP contribution in [-0.4, -0.2) is 52.7 Å². The molecular weight excluding hydrogens is 332 g/mol. The van der Waals surface area contributed by atoms with Crippen LogP contribution < -0.4 is 10.1 Å². The van der Waals surface area contributed by atoms with Crippen LogP contribution in [0.25, 0.3) is 0 Å². The highest BCUT2D eigenvalue weighted by molar-refractivity contribution is 7.80. The van der Waals surface area contributed by atoms with Gasteiger partial charge in [-0.1, -0.05) is 12.1 Å². The second kappa shape index (κ2) is 8.78. The Morgan fingerprint density at radius 1 is 1.12 bits per heavy atom. The second-order valence-corrected chi connectivity index (χ2v) is 6.36. The lowest BCUT2D eigenvalue weighted by molar-refractivity contribution is 0.177. The van der Waals surface area contributed by atoms with Gasteiger partial charge in [0, 0.05) is 45.1 Å². The molecule has 0 amide bonds. The number of nitrogens with one attached hydrogen (secondary N) is 1. The standard InChI is InChI=1S/C19H24N4OS/c1-2-24-18-6-4-3-5-17(18)21-19(25)23-13-11-22(12-14-23)15-16-7-9-20-10-8-16/h3-10H,2,11-15H2,1H3,(H,21,25).